The molecule has 0 radical (unpaired) electrons. The van der Waals surface area contributed by atoms with Crippen molar-refractivity contribution in [2.45, 2.75) is 12.6 Å². The number of hydrogen-bond donors (Lipinski definition) is 1. The number of carbonyl (C=O) groups is 2. The normalized spacial score (nSPS) is 15.2. The molecule has 1 N–H and O–H groups in total. The molecule has 5 nitrogen and oxygen atoms in total. The van der Waals surface area contributed by atoms with Crippen molar-refractivity contribution in [3.63, 3.8) is 0 Å². The highest BCUT2D eigenvalue weighted by molar-refractivity contribution is 6.31. The van der Waals surface area contributed by atoms with E-state index in [4.69, 9.17) is 11.6 Å². The van der Waals surface area contributed by atoms with Gasteiger partial charge in [0.05, 0.1) is 5.02 Å². The summed E-state index contributed by atoms with van der Waals surface area (Å²) in [6.45, 7) is 2.46. The molecule has 4 rings (SSSR count). The van der Waals surface area contributed by atoms with Crippen molar-refractivity contribution in [3.8, 4) is 0 Å². The lowest BCUT2D eigenvalue weighted by Gasteiger charge is -2.38. The Bertz CT molecular complexity index is 1100. The Morgan fingerprint density at radius 3 is 2.18 bits per heavy atom. The zero-order valence-corrected chi connectivity index (χ0v) is 18.8. The maximum atomic E-state index is 13.5. The van der Waals surface area contributed by atoms with Gasteiger partial charge < -0.3 is 10.2 Å². The van der Waals surface area contributed by atoms with Gasteiger partial charge in [-0.1, -0.05) is 72.3 Å². The van der Waals surface area contributed by atoms with Crippen molar-refractivity contribution in [1.82, 2.24) is 15.1 Å². The fourth-order valence-corrected chi connectivity index (χ4v) is 4.22. The number of piperazine rings is 1. The molecule has 0 bridgehead atoms. The Hall–Kier alpha value is -3.22. The minimum absolute atomic E-state index is 0.0706. The zero-order chi connectivity index (χ0) is 23.2. The lowest BCUT2D eigenvalue weighted by atomic mass is 10.0. The van der Waals surface area contributed by atoms with Gasteiger partial charge in [-0.05, 0) is 29.3 Å². The highest BCUT2D eigenvalue weighted by Gasteiger charge is 2.31. The van der Waals surface area contributed by atoms with E-state index in [1.165, 1.54) is 18.2 Å². The fourth-order valence-electron chi connectivity index (χ4n) is 4.04. The van der Waals surface area contributed by atoms with E-state index in [1.807, 2.05) is 60.7 Å². The molecule has 3 aromatic carbocycles. The van der Waals surface area contributed by atoms with Crippen LogP contribution in [0.1, 0.15) is 27.5 Å². The van der Waals surface area contributed by atoms with Gasteiger partial charge in [0, 0.05) is 38.3 Å². The molecule has 33 heavy (non-hydrogen) atoms. The summed E-state index contributed by atoms with van der Waals surface area (Å²) in [7, 11) is 0. The van der Waals surface area contributed by atoms with Gasteiger partial charge in [-0.15, -0.1) is 0 Å². The first-order valence-corrected chi connectivity index (χ1v) is 11.3. The lowest BCUT2D eigenvalue weighted by molar-refractivity contribution is -0.127. The molecule has 170 valence electrons. The van der Waals surface area contributed by atoms with Gasteiger partial charge in [0.1, 0.15) is 11.9 Å². The first kappa shape index (κ1) is 23.0. The summed E-state index contributed by atoms with van der Waals surface area (Å²) in [6, 6.07) is 23.0. The van der Waals surface area contributed by atoms with Crippen molar-refractivity contribution in [2.75, 3.05) is 26.2 Å². The maximum absolute atomic E-state index is 13.5. The van der Waals surface area contributed by atoms with Crippen LogP contribution in [0, 0.1) is 5.82 Å². The predicted molar refractivity (Wildman–Crippen MR) is 126 cm³/mol. The molecule has 2 amide bonds. The SMILES string of the molecule is O=C(NCc1ccccc1)[C@H](c1ccccc1)N1CCN(C(=O)c2ccc(F)c(Cl)c2)CC1. The smallest absolute Gasteiger partial charge is 0.253 e. The summed E-state index contributed by atoms with van der Waals surface area (Å²) in [4.78, 5) is 29.9. The molecule has 0 spiro atoms. The van der Waals surface area contributed by atoms with E-state index in [0.29, 0.717) is 38.3 Å². The molecule has 1 aliphatic heterocycles. The average molecular weight is 466 g/mol. The van der Waals surface area contributed by atoms with Crippen molar-refractivity contribution in [3.05, 3.63) is 106 Å². The van der Waals surface area contributed by atoms with Gasteiger partial charge in [0.2, 0.25) is 5.91 Å². The van der Waals surface area contributed by atoms with Crippen LogP contribution >= 0.6 is 11.6 Å². The second-order valence-electron chi connectivity index (χ2n) is 7.97. The second-order valence-corrected chi connectivity index (χ2v) is 8.38. The van der Waals surface area contributed by atoms with Crippen molar-refractivity contribution in [2.24, 2.45) is 0 Å². The fraction of sp³-hybridized carbons (Fsp3) is 0.231. The lowest BCUT2D eigenvalue weighted by Crippen LogP contribution is -2.52. The van der Waals surface area contributed by atoms with Crippen LogP contribution in [0.5, 0.6) is 0 Å². The second kappa shape index (κ2) is 10.6. The number of nitrogens with zero attached hydrogens (tertiary/aromatic N) is 2. The maximum Gasteiger partial charge on any atom is 0.253 e. The molecular formula is C26H25ClFN3O2. The predicted octanol–water partition coefficient (Wildman–Crippen LogP) is 4.29. The summed E-state index contributed by atoms with van der Waals surface area (Å²) in [5.41, 5.74) is 2.30. The van der Waals surface area contributed by atoms with Crippen LogP contribution in [0.15, 0.2) is 78.9 Å². The van der Waals surface area contributed by atoms with Crippen molar-refractivity contribution >= 4 is 23.4 Å². The molecule has 7 heteroatoms. The number of hydrogen-bond acceptors (Lipinski definition) is 3. The Morgan fingerprint density at radius 2 is 1.55 bits per heavy atom. The van der Waals surface area contributed by atoms with E-state index < -0.39 is 11.9 Å². The topological polar surface area (TPSA) is 52.7 Å². The third-order valence-electron chi connectivity index (χ3n) is 5.81. The van der Waals surface area contributed by atoms with E-state index in [1.54, 1.807) is 4.90 Å². The van der Waals surface area contributed by atoms with Crippen LogP contribution in [0.2, 0.25) is 5.02 Å². The summed E-state index contributed by atoms with van der Waals surface area (Å²) in [5, 5.41) is 2.98. The minimum Gasteiger partial charge on any atom is -0.350 e. The van der Waals surface area contributed by atoms with Crippen LogP contribution in [-0.4, -0.2) is 47.8 Å². The third-order valence-corrected chi connectivity index (χ3v) is 6.10. The van der Waals surface area contributed by atoms with E-state index >= 15 is 0 Å². The number of halogens is 2. The Balaban J connectivity index is 1.44. The Labute approximate surface area is 197 Å². The number of amides is 2. The quantitative estimate of drug-likeness (QED) is 0.590. The highest BCUT2D eigenvalue weighted by Crippen LogP contribution is 2.24. The molecule has 1 heterocycles. The number of rotatable bonds is 6. The van der Waals surface area contributed by atoms with Gasteiger partial charge in [0.15, 0.2) is 0 Å². The number of nitrogens with one attached hydrogen (secondary N) is 1. The van der Waals surface area contributed by atoms with Crippen LogP contribution < -0.4 is 5.32 Å². The summed E-state index contributed by atoms with van der Waals surface area (Å²) < 4.78 is 13.5. The van der Waals surface area contributed by atoms with Gasteiger partial charge in [-0.25, -0.2) is 4.39 Å². The van der Waals surface area contributed by atoms with E-state index in [0.717, 1.165) is 11.1 Å². The molecule has 0 aromatic heterocycles. The largest absolute Gasteiger partial charge is 0.350 e. The third kappa shape index (κ3) is 5.59. The molecule has 1 aliphatic rings. The molecule has 0 aliphatic carbocycles. The summed E-state index contributed by atoms with van der Waals surface area (Å²) >= 11 is 5.84. The summed E-state index contributed by atoms with van der Waals surface area (Å²) in [6.07, 6.45) is 0. The van der Waals surface area contributed by atoms with Gasteiger partial charge >= 0.3 is 0 Å². The zero-order valence-electron chi connectivity index (χ0n) is 18.1. The van der Waals surface area contributed by atoms with Gasteiger partial charge in [0.25, 0.3) is 5.91 Å². The Kier molecular flexibility index (Phi) is 7.37. The van der Waals surface area contributed by atoms with E-state index in [-0.39, 0.29) is 16.8 Å². The number of benzene rings is 3. The average Bonchev–Trinajstić information content (AvgIpc) is 2.86. The first-order valence-electron chi connectivity index (χ1n) is 10.9. The molecule has 0 unspecified atom stereocenters. The van der Waals surface area contributed by atoms with Crippen molar-refractivity contribution < 1.29 is 14.0 Å². The Morgan fingerprint density at radius 1 is 0.909 bits per heavy atom. The number of carbonyl (C=O) groups excluding carboxylic acids is 2. The van der Waals surface area contributed by atoms with E-state index in [2.05, 4.69) is 10.2 Å². The van der Waals surface area contributed by atoms with Crippen LogP contribution in [0.25, 0.3) is 0 Å². The molecule has 3 aromatic rings. The monoisotopic (exact) mass is 465 g/mol. The first-order chi connectivity index (χ1) is 16.0. The molecule has 1 atom stereocenters. The summed E-state index contributed by atoms with van der Waals surface area (Å²) in [5.74, 6) is -0.818. The van der Waals surface area contributed by atoms with Crippen LogP contribution in [-0.2, 0) is 11.3 Å². The minimum atomic E-state index is -0.551. The van der Waals surface area contributed by atoms with E-state index in [9.17, 15) is 14.0 Å². The van der Waals surface area contributed by atoms with Crippen LogP contribution in [0.3, 0.4) is 0 Å². The highest BCUT2D eigenvalue weighted by atomic mass is 35.5. The van der Waals surface area contributed by atoms with Gasteiger partial charge in [-0.2, -0.15) is 0 Å². The molecule has 1 fully saturated rings. The molecular weight excluding hydrogens is 441 g/mol. The molecule has 0 saturated carbocycles. The van der Waals surface area contributed by atoms with Crippen molar-refractivity contribution in [1.29, 1.82) is 0 Å². The van der Waals surface area contributed by atoms with Crippen LogP contribution in [0.4, 0.5) is 4.39 Å². The molecule has 1 saturated heterocycles. The van der Waals surface area contributed by atoms with Gasteiger partial charge in [-0.3, -0.25) is 14.5 Å². The standard InChI is InChI=1S/C26H25ClFN3O2/c27-22-17-21(11-12-23(22)28)26(33)31-15-13-30(14-16-31)24(20-9-5-2-6-10-20)25(32)29-18-19-7-3-1-4-8-19/h1-12,17,24H,13-16,18H2,(H,29,32)/t24-/m0/s1.